The van der Waals surface area contributed by atoms with E-state index in [2.05, 4.69) is 23.4 Å². The first-order valence-electron chi connectivity index (χ1n) is 5.77. The monoisotopic (exact) mass is 289 g/mol. The molecule has 0 fully saturated rings. The first-order chi connectivity index (χ1) is 9.19. The summed E-state index contributed by atoms with van der Waals surface area (Å²) in [5, 5.41) is 0.675. The Morgan fingerprint density at radius 3 is 2.58 bits per heavy atom. The fraction of sp³-hybridized carbons (Fsp3) is 0.0714. The van der Waals surface area contributed by atoms with Crippen molar-refractivity contribution >= 4 is 40.3 Å². The van der Waals surface area contributed by atoms with Crippen LogP contribution >= 0.6 is 23.4 Å². The third-order valence-electron chi connectivity index (χ3n) is 2.97. The van der Waals surface area contributed by atoms with Gasteiger partial charge in [0.05, 0.1) is 11.0 Å². The molecule has 96 valence electrons. The van der Waals surface area contributed by atoms with Crippen molar-refractivity contribution in [3.05, 3.63) is 47.5 Å². The van der Waals surface area contributed by atoms with E-state index in [-0.39, 0.29) is 0 Å². The van der Waals surface area contributed by atoms with Crippen molar-refractivity contribution in [2.24, 2.45) is 0 Å². The maximum absolute atomic E-state index is 6.05. The second-order valence-corrected chi connectivity index (χ2v) is 5.45. The van der Waals surface area contributed by atoms with Crippen molar-refractivity contribution in [3.63, 3.8) is 0 Å². The first-order valence-corrected chi connectivity index (χ1v) is 7.37. The van der Waals surface area contributed by atoms with Crippen LogP contribution < -0.4 is 5.73 Å². The Labute approximate surface area is 120 Å². The van der Waals surface area contributed by atoms with Crippen molar-refractivity contribution in [1.82, 2.24) is 9.55 Å². The molecule has 0 unspecified atom stereocenters. The van der Waals surface area contributed by atoms with Crippen molar-refractivity contribution in [2.45, 2.75) is 4.90 Å². The number of nitrogen functional groups attached to an aromatic ring is 1. The molecule has 0 aliphatic carbocycles. The molecule has 1 aromatic heterocycles. The number of fused-ring (bicyclic) bond motifs is 1. The van der Waals surface area contributed by atoms with Gasteiger partial charge in [-0.05, 0) is 48.7 Å². The number of halogens is 1. The number of rotatable bonds is 2. The fourth-order valence-corrected chi connectivity index (χ4v) is 2.64. The van der Waals surface area contributed by atoms with Crippen molar-refractivity contribution in [3.8, 4) is 5.69 Å². The van der Waals surface area contributed by atoms with E-state index in [1.165, 1.54) is 4.90 Å². The second kappa shape index (κ2) is 4.79. The lowest BCUT2D eigenvalue weighted by Gasteiger charge is -2.07. The number of imidazole rings is 1. The number of hydrogen-bond donors (Lipinski definition) is 1. The van der Waals surface area contributed by atoms with E-state index in [1.54, 1.807) is 11.8 Å². The van der Waals surface area contributed by atoms with Crippen LogP contribution in [0.15, 0.2) is 47.4 Å². The lowest BCUT2D eigenvalue weighted by Crippen LogP contribution is -2.00. The van der Waals surface area contributed by atoms with Crippen LogP contribution in [0.1, 0.15) is 0 Å². The lowest BCUT2D eigenvalue weighted by atomic mass is 10.3. The minimum Gasteiger partial charge on any atom is -0.369 e. The molecule has 0 amide bonds. The molecule has 3 rings (SSSR count). The zero-order valence-corrected chi connectivity index (χ0v) is 11.9. The van der Waals surface area contributed by atoms with Gasteiger partial charge in [-0.1, -0.05) is 11.6 Å². The van der Waals surface area contributed by atoms with Gasteiger partial charge in [0.2, 0.25) is 5.95 Å². The van der Waals surface area contributed by atoms with Crippen molar-refractivity contribution in [1.29, 1.82) is 0 Å². The largest absolute Gasteiger partial charge is 0.369 e. The van der Waals surface area contributed by atoms with E-state index in [0.29, 0.717) is 11.0 Å². The summed E-state index contributed by atoms with van der Waals surface area (Å²) in [6.07, 6.45) is 2.05. The highest BCUT2D eigenvalue weighted by Gasteiger charge is 2.10. The number of aromatic nitrogens is 2. The van der Waals surface area contributed by atoms with Gasteiger partial charge in [-0.3, -0.25) is 4.57 Å². The molecular weight excluding hydrogens is 278 g/mol. The van der Waals surface area contributed by atoms with Gasteiger partial charge < -0.3 is 5.73 Å². The highest BCUT2D eigenvalue weighted by molar-refractivity contribution is 7.98. The van der Waals surface area contributed by atoms with Crippen LogP contribution in [0.25, 0.3) is 16.7 Å². The Kier molecular flexibility index (Phi) is 3.12. The van der Waals surface area contributed by atoms with E-state index in [1.807, 2.05) is 34.9 Å². The van der Waals surface area contributed by atoms with Gasteiger partial charge in [-0.2, -0.15) is 0 Å². The van der Waals surface area contributed by atoms with Crippen molar-refractivity contribution in [2.75, 3.05) is 12.0 Å². The maximum Gasteiger partial charge on any atom is 0.205 e. The standard InChI is InChI=1S/C14H12ClN3S/c1-19-11-5-3-10(4-6-11)18-13-8-9(15)2-7-12(13)17-14(18)16/h2-8H,1H3,(H2,16,17). The normalized spacial score (nSPS) is 11.1. The first kappa shape index (κ1) is 12.4. The van der Waals surface area contributed by atoms with Crippen LogP contribution in [0.3, 0.4) is 0 Å². The molecule has 5 heteroatoms. The third-order valence-corrected chi connectivity index (χ3v) is 3.95. The Hall–Kier alpha value is -1.65. The van der Waals surface area contributed by atoms with E-state index in [9.17, 15) is 0 Å². The average molecular weight is 290 g/mol. The number of hydrogen-bond acceptors (Lipinski definition) is 3. The smallest absolute Gasteiger partial charge is 0.205 e. The summed E-state index contributed by atoms with van der Waals surface area (Å²) in [5.74, 6) is 0.467. The predicted molar refractivity (Wildman–Crippen MR) is 82.3 cm³/mol. The molecule has 0 aliphatic heterocycles. The lowest BCUT2D eigenvalue weighted by molar-refractivity contribution is 1.10. The molecule has 0 spiro atoms. The molecule has 2 N–H and O–H groups in total. The summed E-state index contributed by atoms with van der Waals surface area (Å²) in [6, 6.07) is 13.8. The van der Waals surface area contributed by atoms with Gasteiger partial charge in [0.25, 0.3) is 0 Å². The van der Waals surface area contributed by atoms with E-state index in [4.69, 9.17) is 17.3 Å². The summed E-state index contributed by atoms with van der Waals surface area (Å²) in [6.45, 7) is 0. The van der Waals surface area contributed by atoms with Crippen LogP contribution in [0.5, 0.6) is 0 Å². The summed E-state index contributed by atoms with van der Waals surface area (Å²) in [7, 11) is 0. The summed E-state index contributed by atoms with van der Waals surface area (Å²) >= 11 is 7.76. The molecule has 0 radical (unpaired) electrons. The zero-order chi connectivity index (χ0) is 13.4. The van der Waals surface area contributed by atoms with Crippen LogP contribution in [-0.2, 0) is 0 Å². The van der Waals surface area contributed by atoms with Crippen LogP contribution in [0, 0.1) is 0 Å². The third kappa shape index (κ3) is 2.17. The molecular formula is C14H12ClN3S. The summed E-state index contributed by atoms with van der Waals surface area (Å²) in [4.78, 5) is 5.56. The van der Waals surface area contributed by atoms with Gasteiger partial charge in [-0.25, -0.2) is 4.98 Å². The number of benzene rings is 2. The summed E-state index contributed by atoms with van der Waals surface area (Å²) < 4.78 is 1.91. The number of thioether (sulfide) groups is 1. The van der Waals surface area contributed by atoms with E-state index < -0.39 is 0 Å². The summed E-state index contributed by atoms with van der Waals surface area (Å²) in [5.41, 5.74) is 8.76. The topological polar surface area (TPSA) is 43.8 Å². The molecule has 0 aliphatic rings. The molecule has 0 saturated heterocycles. The second-order valence-electron chi connectivity index (χ2n) is 4.14. The quantitative estimate of drug-likeness (QED) is 0.726. The Morgan fingerprint density at radius 2 is 1.89 bits per heavy atom. The number of nitrogens with zero attached hydrogens (tertiary/aromatic N) is 2. The molecule has 19 heavy (non-hydrogen) atoms. The minimum atomic E-state index is 0.467. The molecule has 3 nitrogen and oxygen atoms in total. The van der Waals surface area contributed by atoms with Crippen LogP contribution in [0.2, 0.25) is 5.02 Å². The maximum atomic E-state index is 6.05. The van der Waals surface area contributed by atoms with Gasteiger partial charge in [0.1, 0.15) is 0 Å². The molecule has 2 aromatic carbocycles. The molecule has 1 heterocycles. The van der Waals surface area contributed by atoms with Gasteiger partial charge in [0, 0.05) is 15.6 Å². The Bertz CT molecular complexity index is 734. The predicted octanol–water partition coefficient (Wildman–Crippen LogP) is 3.98. The van der Waals surface area contributed by atoms with E-state index >= 15 is 0 Å². The molecule has 0 atom stereocenters. The highest BCUT2D eigenvalue weighted by atomic mass is 35.5. The van der Waals surface area contributed by atoms with Crippen LogP contribution in [0.4, 0.5) is 5.95 Å². The number of nitrogens with two attached hydrogens (primary N) is 1. The SMILES string of the molecule is CSc1ccc(-n2c(N)nc3ccc(Cl)cc32)cc1. The van der Waals surface area contributed by atoms with Crippen LogP contribution in [-0.4, -0.2) is 15.8 Å². The molecule has 3 aromatic rings. The Balaban J connectivity index is 2.22. The molecule has 0 bridgehead atoms. The van der Waals surface area contributed by atoms with E-state index in [0.717, 1.165) is 16.7 Å². The highest BCUT2D eigenvalue weighted by Crippen LogP contribution is 2.26. The molecule has 0 saturated carbocycles. The minimum absolute atomic E-state index is 0.467. The van der Waals surface area contributed by atoms with Gasteiger partial charge in [0.15, 0.2) is 0 Å². The number of anilines is 1. The Morgan fingerprint density at radius 1 is 1.16 bits per heavy atom. The van der Waals surface area contributed by atoms with Gasteiger partial charge in [-0.15, -0.1) is 11.8 Å². The van der Waals surface area contributed by atoms with Gasteiger partial charge >= 0.3 is 0 Å². The zero-order valence-electron chi connectivity index (χ0n) is 10.3. The van der Waals surface area contributed by atoms with Crippen molar-refractivity contribution < 1.29 is 0 Å². The average Bonchev–Trinajstić information content (AvgIpc) is 2.74. The fourth-order valence-electron chi connectivity index (χ4n) is 2.07.